The van der Waals surface area contributed by atoms with Gasteiger partial charge in [-0.25, -0.2) is 0 Å². The van der Waals surface area contributed by atoms with Crippen LogP contribution in [0.5, 0.6) is 11.5 Å². The van der Waals surface area contributed by atoms with Gasteiger partial charge in [0.1, 0.15) is 29.3 Å². The molecule has 8 heteroatoms. The molecule has 1 aliphatic rings. The van der Waals surface area contributed by atoms with Crippen LogP contribution in [0.2, 0.25) is 0 Å². The van der Waals surface area contributed by atoms with Gasteiger partial charge in [-0.2, -0.15) is 10.5 Å². The van der Waals surface area contributed by atoms with Crippen molar-refractivity contribution in [3.63, 3.8) is 0 Å². The number of hydrogen-bond donors (Lipinski definition) is 1. The molecule has 0 saturated carbocycles. The van der Waals surface area contributed by atoms with Crippen molar-refractivity contribution in [2.45, 2.75) is 32.3 Å². The molecule has 176 valence electrons. The molecule has 0 spiro atoms. The van der Waals surface area contributed by atoms with E-state index in [0.717, 1.165) is 45.3 Å². The molecule has 0 unspecified atom stereocenters. The monoisotopic (exact) mass is 595 g/mol. The van der Waals surface area contributed by atoms with E-state index < -0.39 is 5.91 Å². The normalized spacial score (nSPS) is 12.7. The lowest BCUT2D eigenvalue weighted by atomic mass is 9.96. The standard InChI is InChI=1S/C27H22IN3O3S/c1-33-23-13-18(12-22(28)25(23)34-16-17-7-3-2-4-8-17)11-19(14-29)26(32)31-27-21(15-30)20-9-5-6-10-24(20)35-27/h2-4,7-8,11-13H,5-6,9-10,16H2,1H3,(H,31,32)/b19-11+. The van der Waals surface area contributed by atoms with Gasteiger partial charge in [0.05, 0.1) is 16.2 Å². The number of thiophene rings is 1. The summed E-state index contributed by atoms with van der Waals surface area (Å²) in [4.78, 5) is 14.1. The number of aryl methyl sites for hydroxylation is 1. The number of amides is 1. The minimum absolute atomic E-state index is 0.0592. The van der Waals surface area contributed by atoms with Crippen LogP contribution in [-0.2, 0) is 24.2 Å². The van der Waals surface area contributed by atoms with E-state index >= 15 is 0 Å². The molecule has 0 saturated heterocycles. The van der Waals surface area contributed by atoms with E-state index in [9.17, 15) is 15.3 Å². The molecule has 0 bridgehead atoms. The fraction of sp³-hybridized carbons (Fsp3) is 0.222. The summed E-state index contributed by atoms with van der Waals surface area (Å²) < 4.78 is 12.3. The first-order valence-corrected chi connectivity index (χ1v) is 13.0. The Kier molecular flexibility index (Phi) is 8.06. The molecule has 0 atom stereocenters. The third-order valence-electron chi connectivity index (χ3n) is 5.66. The zero-order valence-corrected chi connectivity index (χ0v) is 22.0. The molecule has 2 aromatic carbocycles. The highest BCUT2D eigenvalue weighted by Crippen LogP contribution is 2.38. The third kappa shape index (κ3) is 5.67. The average molecular weight is 595 g/mol. The highest BCUT2D eigenvalue weighted by atomic mass is 127. The molecule has 1 heterocycles. The van der Waals surface area contributed by atoms with Crippen molar-refractivity contribution in [3.05, 3.63) is 78.7 Å². The number of benzene rings is 2. The number of halogens is 1. The van der Waals surface area contributed by atoms with Gasteiger partial charge in [-0.15, -0.1) is 11.3 Å². The summed E-state index contributed by atoms with van der Waals surface area (Å²) in [6.45, 7) is 0.389. The number of carbonyl (C=O) groups is 1. The largest absolute Gasteiger partial charge is 0.493 e. The average Bonchev–Trinajstić information content (AvgIpc) is 3.23. The summed E-state index contributed by atoms with van der Waals surface area (Å²) in [6, 6.07) is 17.6. The van der Waals surface area contributed by atoms with Gasteiger partial charge in [-0.3, -0.25) is 4.79 Å². The molecule has 1 amide bonds. The number of methoxy groups -OCH3 is 1. The number of nitrogens with one attached hydrogen (secondary N) is 1. The minimum atomic E-state index is -0.541. The Bertz CT molecular complexity index is 1370. The maximum atomic E-state index is 12.9. The number of carbonyl (C=O) groups excluding carboxylic acids is 1. The predicted molar refractivity (Wildman–Crippen MR) is 144 cm³/mol. The van der Waals surface area contributed by atoms with Crippen molar-refractivity contribution in [2.75, 3.05) is 12.4 Å². The zero-order chi connectivity index (χ0) is 24.8. The van der Waals surface area contributed by atoms with Gasteiger partial charge in [0, 0.05) is 4.88 Å². The van der Waals surface area contributed by atoms with E-state index in [-0.39, 0.29) is 5.57 Å². The first-order chi connectivity index (χ1) is 17.0. The smallest absolute Gasteiger partial charge is 0.266 e. The first-order valence-electron chi connectivity index (χ1n) is 11.1. The maximum absolute atomic E-state index is 12.9. The quantitative estimate of drug-likeness (QED) is 0.198. The van der Waals surface area contributed by atoms with Crippen LogP contribution in [-0.4, -0.2) is 13.0 Å². The molecule has 6 nitrogen and oxygen atoms in total. The number of anilines is 1. The van der Waals surface area contributed by atoms with E-state index in [1.165, 1.54) is 17.4 Å². The highest BCUT2D eigenvalue weighted by molar-refractivity contribution is 14.1. The van der Waals surface area contributed by atoms with E-state index in [1.54, 1.807) is 13.2 Å². The van der Waals surface area contributed by atoms with Gasteiger partial charge < -0.3 is 14.8 Å². The van der Waals surface area contributed by atoms with Gasteiger partial charge in [0.2, 0.25) is 0 Å². The van der Waals surface area contributed by atoms with Gasteiger partial charge in [-0.05, 0) is 83.2 Å². The number of hydrogen-bond acceptors (Lipinski definition) is 6. The van der Waals surface area contributed by atoms with Crippen LogP contribution in [0.25, 0.3) is 6.08 Å². The van der Waals surface area contributed by atoms with Crippen LogP contribution < -0.4 is 14.8 Å². The van der Waals surface area contributed by atoms with Crippen molar-refractivity contribution in [1.82, 2.24) is 0 Å². The molecule has 1 aliphatic carbocycles. The fourth-order valence-corrected chi connectivity index (χ4v) is 5.97. The molecule has 1 N–H and O–H groups in total. The molecule has 0 radical (unpaired) electrons. The van der Waals surface area contributed by atoms with Crippen molar-refractivity contribution in [3.8, 4) is 23.6 Å². The summed E-state index contributed by atoms with van der Waals surface area (Å²) in [5.41, 5.74) is 3.16. The predicted octanol–water partition coefficient (Wildman–Crippen LogP) is 6.24. The Balaban J connectivity index is 1.56. The summed E-state index contributed by atoms with van der Waals surface area (Å²) >= 11 is 3.58. The number of fused-ring (bicyclic) bond motifs is 1. The highest BCUT2D eigenvalue weighted by Gasteiger charge is 2.23. The maximum Gasteiger partial charge on any atom is 0.266 e. The van der Waals surface area contributed by atoms with Crippen LogP contribution in [0.3, 0.4) is 0 Å². The zero-order valence-electron chi connectivity index (χ0n) is 19.1. The topological polar surface area (TPSA) is 95.1 Å². The molecule has 0 aliphatic heterocycles. The van der Waals surface area contributed by atoms with Crippen molar-refractivity contribution >= 4 is 50.9 Å². The molecule has 35 heavy (non-hydrogen) atoms. The van der Waals surface area contributed by atoms with Gasteiger partial charge in [-0.1, -0.05) is 30.3 Å². The van der Waals surface area contributed by atoms with Crippen LogP contribution >= 0.6 is 33.9 Å². The Morgan fingerprint density at radius 1 is 1.20 bits per heavy atom. The molecule has 1 aromatic heterocycles. The van der Waals surface area contributed by atoms with Crippen LogP contribution in [0, 0.1) is 26.2 Å². The van der Waals surface area contributed by atoms with Crippen molar-refractivity contribution in [1.29, 1.82) is 10.5 Å². The first kappa shape index (κ1) is 24.8. The Hall–Kier alpha value is -3.34. The number of nitrogens with zero attached hydrogens (tertiary/aromatic N) is 2. The number of nitriles is 2. The van der Waals surface area contributed by atoms with Crippen molar-refractivity contribution < 1.29 is 14.3 Å². The summed E-state index contributed by atoms with van der Waals surface area (Å²) in [6.07, 6.45) is 5.41. The van der Waals surface area contributed by atoms with Gasteiger partial charge >= 0.3 is 0 Å². The van der Waals surface area contributed by atoms with E-state index in [4.69, 9.17) is 9.47 Å². The summed E-state index contributed by atoms with van der Waals surface area (Å²) in [7, 11) is 1.55. The Labute approximate surface area is 221 Å². The van der Waals surface area contributed by atoms with E-state index in [0.29, 0.717) is 34.2 Å². The minimum Gasteiger partial charge on any atom is -0.493 e. The van der Waals surface area contributed by atoms with E-state index in [1.807, 2.05) is 42.5 Å². The van der Waals surface area contributed by atoms with Crippen LogP contribution in [0.15, 0.2) is 48.0 Å². The third-order valence-corrected chi connectivity index (χ3v) is 7.67. The van der Waals surface area contributed by atoms with E-state index in [2.05, 4.69) is 34.0 Å². The second-order valence-electron chi connectivity index (χ2n) is 7.96. The lowest BCUT2D eigenvalue weighted by molar-refractivity contribution is -0.112. The molecular weight excluding hydrogens is 573 g/mol. The summed E-state index contributed by atoms with van der Waals surface area (Å²) in [5, 5.41) is 22.6. The fourth-order valence-electron chi connectivity index (χ4n) is 3.95. The number of ether oxygens (including phenoxy) is 2. The van der Waals surface area contributed by atoms with Gasteiger partial charge in [0.25, 0.3) is 5.91 Å². The molecule has 0 fully saturated rings. The molecule has 3 aromatic rings. The Morgan fingerprint density at radius 2 is 1.97 bits per heavy atom. The molecular formula is C27H22IN3O3S. The molecule has 4 rings (SSSR count). The van der Waals surface area contributed by atoms with Crippen molar-refractivity contribution in [2.24, 2.45) is 0 Å². The lowest BCUT2D eigenvalue weighted by Crippen LogP contribution is -2.13. The SMILES string of the molecule is COc1cc(/C=C(\C#N)C(=O)Nc2sc3c(c2C#N)CCCC3)cc(I)c1OCc1ccccc1. The second kappa shape index (κ2) is 11.4. The van der Waals surface area contributed by atoms with Crippen LogP contribution in [0.1, 0.15) is 40.0 Å². The number of rotatable bonds is 7. The Morgan fingerprint density at radius 3 is 2.69 bits per heavy atom. The lowest BCUT2D eigenvalue weighted by Gasteiger charge is -2.14. The van der Waals surface area contributed by atoms with Gasteiger partial charge in [0.15, 0.2) is 11.5 Å². The van der Waals surface area contributed by atoms with Crippen LogP contribution in [0.4, 0.5) is 5.00 Å². The summed E-state index contributed by atoms with van der Waals surface area (Å²) in [5.74, 6) is 0.565. The second-order valence-corrected chi connectivity index (χ2v) is 10.2.